The van der Waals surface area contributed by atoms with Crippen LogP contribution in [0.3, 0.4) is 0 Å². The first-order valence-corrected chi connectivity index (χ1v) is 6.04. The van der Waals surface area contributed by atoms with Gasteiger partial charge in [-0.2, -0.15) is 4.31 Å². The molecular formula is C9H12N2O5S. The first kappa shape index (κ1) is 13.4. The van der Waals surface area contributed by atoms with Gasteiger partial charge in [-0.25, -0.2) is 8.42 Å². The molecule has 7 nitrogen and oxygen atoms in total. The summed E-state index contributed by atoms with van der Waals surface area (Å²) in [7, 11) is -1.64. The molecule has 0 amide bonds. The molecule has 0 aliphatic carbocycles. The predicted octanol–water partition coefficient (Wildman–Crippen LogP) is -0.832. The van der Waals surface area contributed by atoms with Gasteiger partial charge in [-0.3, -0.25) is 9.59 Å². The Morgan fingerprint density at radius 3 is 2.71 bits per heavy atom. The van der Waals surface area contributed by atoms with Crippen molar-refractivity contribution < 1.29 is 17.9 Å². The lowest BCUT2D eigenvalue weighted by Gasteiger charge is -2.14. The number of ether oxygens (including phenoxy) is 1. The Morgan fingerprint density at radius 1 is 1.53 bits per heavy atom. The van der Waals surface area contributed by atoms with Crippen LogP contribution in [0.2, 0.25) is 0 Å². The van der Waals surface area contributed by atoms with Gasteiger partial charge in [0.2, 0.25) is 15.5 Å². The van der Waals surface area contributed by atoms with Crippen molar-refractivity contribution in [3.8, 4) is 0 Å². The minimum Gasteiger partial charge on any atom is -0.468 e. The van der Waals surface area contributed by atoms with E-state index in [1.165, 1.54) is 13.2 Å². The SMILES string of the molecule is COC(=O)CN(C)S(=O)(=O)c1c[nH]ccc1=O. The summed E-state index contributed by atoms with van der Waals surface area (Å²) in [4.78, 5) is 24.5. The molecule has 94 valence electrons. The third-order valence-corrected chi connectivity index (χ3v) is 3.88. The van der Waals surface area contributed by atoms with Crippen LogP contribution in [0.4, 0.5) is 0 Å². The number of aromatic nitrogens is 1. The zero-order valence-corrected chi connectivity index (χ0v) is 10.2. The van der Waals surface area contributed by atoms with Crippen molar-refractivity contribution >= 4 is 16.0 Å². The number of nitrogens with one attached hydrogen (secondary N) is 1. The molecule has 0 aliphatic rings. The summed E-state index contributed by atoms with van der Waals surface area (Å²) in [5, 5.41) is 0. The van der Waals surface area contributed by atoms with Gasteiger partial charge in [0.15, 0.2) is 0 Å². The highest BCUT2D eigenvalue weighted by molar-refractivity contribution is 7.89. The quantitative estimate of drug-likeness (QED) is 0.713. The maximum absolute atomic E-state index is 11.9. The molecule has 1 N–H and O–H groups in total. The van der Waals surface area contributed by atoms with Crippen LogP contribution in [0.1, 0.15) is 0 Å². The number of hydrogen-bond donors (Lipinski definition) is 1. The van der Waals surface area contributed by atoms with E-state index in [4.69, 9.17) is 0 Å². The van der Waals surface area contributed by atoms with Gasteiger partial charge in [-0.15, -0.1) is 0 Å². The van der Waals surface area contributed by atoms with E-state index in [1.807, 2.05) is 0 Å². The van der Waals surface area contributed by atoms with Gasteiger partial charge in [0.25, 0.3) is 0 Å². The van der Waals surface area contributed by atoms with E-state index in [0.717, 1.165) is 23.7 Å². The van der Waals surface area contributed by atoms with Crippen LogP contribution in [-0.2, 0) is 19.6 Å². The molecule has 0 fully saturated rings. The van der Waals surface area contributed by atoms with Crippen LogP contribution in [0.25, 0.3) is 0 Å². The molecule has 0 aliphatic heterocycles. The first-order chi connectivity index (χ1) is 7.89. The van der Waals surface area contributed by atoms with E-state index in [2.05, 4.69) is 9.72 Å². The molecule has 1 heterocycles. The highest BCUT2D eigenvalue weighted by Gasteiger charge is 2.25. The molecule has 0 spiro atoms. The molecule has 1 aromatic rings. The number of likely N-dealkylation sites (N-methyl/N-ethyl adjacent to an activating group) is 1. The number of nitrogens with zero attached hydrogens (tertiary/aromatic N) is 1. The van der Waals surface area contributed by atoms with Crippen molar-refractivity contribution in [3.63, 3.8) is 0 Å². The monoisotopic (exact) mass is 260 g/mol. The molecule has 0 saturated carbocycles. The largest absolute Gasteiger partial charge is 0.468 e. The molecule has 0 aromatic carbocycles. The van der Waals surface area contributed by atoms with Crippen LogP contribution in [0.5, 0.6) is 0 Å². The number of esters is 1. The Bertz CT molecular complexity index is 563. The van der Waals surface area contributed by atoms with Gasteiger partial charge in [-0.05, 0) is 0 Å². The maximum Gasteiger partial charge on any atom is 0.321 e. The van der Waals surface area contributed by atoms with Crippen LogP contribution in [-0.4, -0.2) is 44.4 Å². The predicted molar refractivity (Wildman–Crippen MR) is 58.9 cm³/mol. The summed E-state index contributed by atoms with van der Waals surface area (Å²) in [6.45, 7) is -0.451. The normalized spacial score (nSPS) is 11.5. The van der Waals surface area contributed by atoms with E-state index < -0.39 is 32.9 Å². The Kier molecular flexibility index (Phi) is 4.02. The van der Waals surface area contributed by atoms with E-state index in [1.54, 1.807) is 0 Å². The molecule has 0 bridgehead atoms. The number of sulfonamides is 1. The van der Waals surface area contributed by atoms with Gasteiger partial charge in [0.05, 0.1) is 7.11 Å². The summed E-state index contributed by atoms with van der Waals surface area (Å²) < 4.78 is 28.9. The van der Waals surface area contributed by atoms with Crippen molar-refractivity contribution in [1.82, 2.24) is 9.29 Å². The lowest BCUT2D eigenvalue weighted by atomic mass is 10.5. The second-order valence-corrected chi connectivity index (χ2v) is 5.22. The van der Waals surface area contributed by atoms with E-state index in [-0.39, 0.29) is 0 Å². The number of H-pyrrole nitrogens is 1. The first-order valence-electron chi connectivity index (χ1n) is 4.60. The lowest BCUT2D eigenvalue weighted by Crippen LogP contribution is -2.35. The third-order valence-electron chi connectivity index (χ3n) is 2.06. The second-order valence-electron chi connectivity index (χ2n) is 3.21. The zero-order valence-electron chi connectivity index (χ0n) is 9.34. The molecule has 8 heteroatoms. The number of aromatic amines is 1. The van der Waals surface area contributed by atoms with Crippen molar-refractivity contribution in [1.29, 1.82) is 0 Å². The van der Waals surface area contributed by atoms with E-state index in [9.17, 15) is 18.0 Å². The van der Waals surface area contributed by atoms with Crippen LogP contribution >= 0.6 is 0 Å². The van der Waals surface area contributed by atoms with E-state index in [0.29, 0.717) is 0 Å². The topological polar surface area (TPSA) is 96.5 Å². The Morgan fingerprint density at radius 2 is 2.18 bits per heavy atom. The molecule has 0 unspecified atom stereocenters. The summed E-state index contributed by atoms with van der Waals surface area (Å²) in [5.74, 6) is -0.705. The number of rotatable bonds is 4. The van der Waals surface area contributed by atoms with Crippen molar-refractivity contribution in [2.45, 2.75) is 4.90 Å². The Labute approximate surface area is 98.1 Å². The molecule has 1 aromatic heterocycles. The maximum atomic E-state index is 11.9. The average molecular weight is 260 g/mol. The van der Waals surface area contributed by atoms with Gasteiger partial charge in [0, 0.05) is 25.5 Å². The zero-order chi connectivity index (χ0) is 13.1. The van der Waals surface area contributed by atoms with Crippen LogP contribution in [0, 0.1) is 0 Å². The number of methoxy groups -OCH3 is 1. The van der Waals surface area contributed by atoms with Gasteiger partial charge in [-0.1, -0.05) is 0 Å². The van der Waals surface area contributed by atoms with E-state index >= 15 is 0 Å². The summed E-state index contributed by atoms with van der Waals surface area (Å²) in [5.41, 5.74) is -0.638. The van der Waals surface area contributed by atoms with Crippen molar-refractivity contribution in [2.24, 2.45) is 0 Å². The molecular weight excluding hydrogens is 248 g/mol. The molecule has 1 rings (SSSR count). The summed E-state index contributed by atoms with van der Waals surface area (Å²) >= 11 is 0. The van der Waals surface area contributed by atoms with Crippen LogP contribution < -0.4 is 5.43 Å². The lowest BCUT2D eigenvalue weighted by molar-refractivity contribution is -0.140. The highest BCUT2D eigenvalue weighted by atomic mass is 32.2. The minimum absolute atomic E-state index is 0.411. The van der Waals surface area contributed by atoms with Crippen molar-refractivity contribution in [3.05, 3.63) is 28.7 Å². The second kappa shape index (κ2) is 5.11. The van der Waals surface area contributed by atoms with Gasteiger partial charge >= 0.3 is 5.97 Å². The van der Waals surface area contributed by atoms with Gasteiger partial charge in [0.1, 0.15) is 11.4 Å². The number of hydrogen-bond acceptors (Lipinski definition) is 5. The smallest absolute Gasteiger partial charge is 0.321 e. The number of pyridine rings is 1. The molecule has 17 heavy (non-hydrogen) atoms. The van der Waals surface area contributed by atoms with Crippen LogP contribution in [0.15, 0.2) is 28.2 Å². The molecule has 0 atom stereocenters. The fourth-order valence-corrected chi connectivity index (χ4v) is 2.25. The minimum atomic E-state index is -3.99. The number of carbonyl (C=O) groups is 1. The summed E-state index contributed by atoms with van der Waals surface area (Å²) in [6, 6.07) is 1.10. The molecule has 0 radical (unpaired) electrons. The van der Waals surface area contributed by atoms with Crippen molar-refractivity contribution in [2.75, 3.05) is 20.7 Å². The van der Waals surface area contributed by atoms with Gasteiger partial charge < -0.3 is 9.72 Å². The standard InChI is InChI=1S/C9H12N2O5S/c1-11(6-9(13)16-2)17(14,15)8-5-10-4-3-7(8)12/h3-5H,6H2,1-2H3,(H,10,12). The third kappa shape index (κ3) is 2.92. The fourth-order valence-electron chi connectivity index (χ4n) is 1.10. The number of carbonyl (C=O) groups excluding carboxylic acids is 1. The summed E-state index contributed by atoms with van der Waals surface area (Å²) in [6.07, 6.45) is 2.40. The fraction of sp³-hybridized carbons (Fsp3) is 0.333. The average Bonchev–Trinajstić information content (AvgIpc) is 2.29. The Hall–Kier alpha value is -1.67. The highest BCUT2D eigenvalue weighted by Crippen LogP contribution is 2.07. The molecule has 0 saturated heterocycles. The Balaban J connectivity index is 3.08.